The summed E-state index contributed by atoms with van der Waals surface area (Å²) in [5.41, 5.74) is 0.849. The monoisotopic (exact) mass is 388 g/mol. The third-order valence-corrected chi connectivity index (χ3v) is 4.98. The average Bonchev–Trinajstić information content (AvgIpc) is 3.11. The molecular weight excluding hydrogens is 360 g/mol. The Morgan fingerprint density at radius 2 is 1.82 bits per heavy atom. The van der Waals surface area contributed by atoms with Crippen LogP contribution in [0.5, 0.6) is 0 Å². The van der Waals surface area contributed by atoms with Crippen LogP contribution in [0, 0.1) is 11.8 Å². The van der Waals surface area contributed by atoms with Gasteiger partial charge in [-0.05, 0) is 18.9 Å². The molecule has 1 saturated heterocycles. The number of carbonyl (C=O) groups excluding carboxylic acids is 4. The Labute approximate surface area is 165 Å². The zero-order valence-electron chi connectivity index (χ0n) is 16.9. The van der Waals surface area contributed by atoms with Gasteiger partial charge < -0.3 is 14.5 Å². The fourth-order valence-electron chi connectivity index (χ4n) is 3.25. The normalized spacial score (nSPS) is 18.8. The van der Waals surface area contributed by atoms with E-state index < -0.39 is 12.1 Å². The van der Waals surface area contributed by atoms with E-state index in [9.17, 15) is 19.2 Å². The van der Waals surface area contributed by atoms with Crippen molar-refractivity contribution in [1.29, 1.82) is 0 Å². The third-order valence-electron chi connectivity index (χ3n) is 4.98. The van der Waals surface area contributed by atoms with E-state index in [0.29, 0.717) is 6.42 Å². The molecule has 1 aliphatic heterocycles. The van der Waals surface area contributed by atoms with Gasteiger partial charge in [-0.25, -0.2) is 4.79 Å². The molecule has 0 N–H and O–H groups in total. The van der Waals surface area contributed by atoms with Crippen LogP contribution in [0.25, 0.3) is 0 Å². The molecule has 0 aromatic heterocycles. The predicted molar refractivity (Wildman–Crippen MR) is 103 cm³/mol. The van der Waals surface area contributed by atoms with Crippen molar-refractivity contribution < 1.29 is 23.9 Å². The molecule has 2 amide bonds. The molecule has 152 valence electrons. The van der Waals surface area contributed by atoms with E-state index in [1.54, 1.807) is 13.8 Å². The van der Waals surface area contributed by atoms with Gasteiger partial charge in [-0.2, -0.15) is 0 Å². The van der Waals surface area contributed by atoms with E-state index >= 15 is 0 Å². The summed E-state index contributed by atoms with van der Waals surface area (Å²) in [4.78, 5) is 51.8. The number of nitrogens with zero attached hydrogens (tertiary/aromatic N) is 2. The van der Waals surface area contributed by atoms with Crippen molar-refractivity contribution >= 4 is 23.6 Å². The summed E-state index contributed by atoms with van der Waals surface area (Å²) < 4.78 is 5.22. The summed E-state index contributed by atoms with van der Waals surface area (Å²) in [5, 5.41) is 0. The molecule has 0 saturated carbocycles. The van der Waals surface area contributed by atoms with Crippen LogP contribution < -0.4 is 0 Å². The lowest BCUT2D eigenvalue weighted by molar-refractivity contribution is -0.139. The van der Waals surface area contributed by atoms with Gasteiger partial charge >= 0.3 is 6.09 Å². The van der Waals surface area contributed by atoms with Gasteiger partial charge in [-0.15, -0.1) is 0 Å². The Morgan fingerprint density at radius 1 is 1.18 bits per heavy atom. The molecule has 1 fully saturated rings. The minimum Gasteiger partial charge on any atom is -0.445 e. The van der Waals surface area contributed by atoms with Crippen molar-refractivity contribution in [1.82, 2.24) is 9.80 Å². The number of ether oxygens (including phenoxy) is 1. The van der Waals surface area contributed by atoms with Gasteiger partial charge in [-0.1, -0.05) is 44.2 Å². The number of likely N-dealkylation sites (N-methyl/N-ethyl adjacent to an activating group) is 1. The van der Waals surface area contributed by atoms with Crippen molar-refractivity contribution in [3.05, 3.63) is 35.9 Å². The fraction of sp³-hybridized carbons (Fsp3) is 0.524. The number of ketones is 2. The average molecular weight is 388 g/mol. The quantitative estimate of drug-likeness (QED) is 0.716. The second-order valence-electron chi connectivity index (χ2n) is 7.56. The van der Waals surface area contributed by atoms with Crippen LogP contribution in [-0.4, -0.2) is 59.5 Å². The van der Waals surface area contributed by atoms with Crippen molar-refractivity contribution in [3.63, 3.8) is 0 Å². The van der Waals surface area contributed by atoms with E-state index in [-0.39, 0.29) is 49.0 Å². The number of Topliss-reactive ketones (excluding diaryl/α,β-unsaturated/α-hetero) is 2. The second-order valence-corrected chi connectivity index (χ2v) is 7.56. The van der Waals surface area contributed by atoms with Gasteiger partial charge in [0.25, 0.3) is 0 Å². The number of hydrogen-bond acceptors (Lipinski definition) is 5. The lowest BCUT2D eigenvalue weighted by Crippen LogP contribution is -2.47. The number of likely N-dealkylation sites (tertiary alicyclic amines) is 1. The summed E-state index contributed by atoms with van der Waals surface area (Å²) in [5.74, 6) is -1.03. The van der Waals surface area contributed by atoms with Gasteiger partial charge in [0, 0.05) is 25.4 Å². The van der Waals surface area contributed by atoms with E-state index in [4.69, 9.17) is 4.74 Å². The number of hydrogen-bond donors (Lipinski definition) is 0. The van der Waals surface area contributed by atoms with Crippen molar-refractivity contribution in [2.45, 2.75) is 39.8 Å². The number of rotatable bonds is 7. The van der Waals surface area contributed by atoms with Gasteiger partial charge in [0.2, 0.25) is 5.91 Å². The lowest BCUT2D eigenvalue weighted by Gasteiger charge is -2.27. The van der Waals surface area contributed by atoms with E-state index in [2.05, 4.69) is 0 Å². The van der Waals surface area contributed by atoms with E-state index in [0.717, 1.165) is 5.56 Å². The van der Waals surface area contributed by atoms with Gasteiger partial charge in [0.15, 0.2) is 5.78 Å². The summed E-state index contributed by atoms with van der Waals surface area (Å²) >= 11 is 0. The van der Waals surface area contributed by atoms with Crippen molar-refractivity contribution in [2.24, 2.45) is 11.8 Å². The topological polar surface area (TPSA) is 84.0 Å². The van der Waals surface area contributed by atoms with Gasteiger partial charge in [-0.3, -0.25) is 14.4 Å². The van der Waals surface area contributed by atoms with Crippen LogP contribution in [0.4, 0.5) is 4.79 Å². The molecule has 1 aromatic carbocycles. The maximum Gasteiger partial charge on any atom is 0.410 e. The molecule has 7 nitrogen and oxygen atoms in total. The highest BCUT2D eigenvalue weighted by Gasteiger charge is 2.41. The van der Waals surface area contributed by atoms with E-state index in [1.807, 2.05) is 30.3 Å². The first-order chi connectivity index (χ1) is 13.2. The van der Waals surface area contributed by atoms with Crippen LogP contribution in [0.2, 0.25) is 0 Å². The van der Waals surface area contributed by atoms with E-state index in [1.165, 1.54) is 23.8 Å². The molecular formula is C21H28N2O5. The molecule has 0 bridgehead atoms. The molecule has 2 rings (SSSR count). The van der Waals surface area contributed by atoms with Crippen LogP contribution >= 0.6 is 0 Å². The molecule has 1 aliphatic rings. The Balaban J connectivity index is 1.97. The molecule has 7 heteroatoms. The molecule has 2 atom stereocenters. The van der Waals surface area contributed by atoms with Crippen molar-refractivity contribution in [2.75, 3.05) is 20.1 Å². The number of carbonyl (C=O) groups is 4. The molecule has 0 aliphatic carbocycles. The second kappa shape index (κ2) is 9.48. The maximum absolute atomic E-state index is 12.8. The van der Waals surface area contributed by atoms with Crippen LogP contribution in [0.15, 0.2) is 30.3 Å². The third kappa shape index (κ3) is 5.41. The Morgan fingerprint density at radius 3 is 2.39 bits per heavy atom. The van der Waals surface area contributed by atoms with Gasteiger partial charge in [0.1, 0.15) is 18.9 Å². The Bertz CT molecular complexity index is 732. The molecule has 0 spiro atoms. The standard InChI is InChI=1S/C21H28N2O5/c1-14(2)20(26)18-10-17(15(3)24)11-23(18)19(25)12-22(4)21(27)28-13-16-8-6-5-7-9-16/h5-9,14,17-18H,10-13H2,1-4H3. The maximum atomic E-state index is 12.8. The first-order valence-corrected chi connectivity index (χ1v) is 9.46. The first kappa shape index (κ1) is 21.6. The fourth-order valence-corrected chi connectivity index (χ4v) is 3.25. The largest absolute Gasteiger partial charge is 0.445 e. The lowest BCUT2D eigenvalue weighted by atomic mass is 9.95. The SMILES string of the molecule is CC(=O)C1CC(C(=O)C(C)C)N(C(=O)CN(C)C(=O)OCc2ccccc2)C1. The molecule has 1 heterocycles. The van der Waals surface area contributed by atoms with Crippen LogP contribution in [0.1, 0.15) is 32.8 Å². The summed E-state index contributed by atoms with van der Waals surface area (Å²) in [6.45, 7) is 5.15. The highest BCUT2D eigenvalue weighted by atomic mass is 16.6. The Kier molecular flexibility index (Phi) is 7.31. The number of benzene rings is 1. The highest BCUT2D eigenvalue weighted by molar-refractivity contribution is 5.93. The summed E-state index contributed by atoms with van der Waals surface area (Å²) in [6.07, 6.45) is -0.272. The van der Waals surface area contributed by atoms with Crippen LogP contribution in [0.3, 0.4) is 0 Å². The molecule has 2 unspecified atom stereocenters. The smallest absolute Gasteiger partial charge is 0.410 e. The van der Waals surface area contributed by atoms with Crippen molar-refractivity contribution in [3.8, 4) is 0 Å². The number of amides is 2. The first-order valence-electron chi connectivity index (χ1n) is 9.46. The summed E-state index contributed by atoms with van der Waals surface area (Å²) in [6, 6.07) is 8.63. The predicted octanol–water partition coefficient (Wildman–Crippen LogP) is 2.29. The minimum absolute atomic E-state index is 0.0347. The minimum atomic E-state index is -0.619. The Hall–Kier alpha value is -2.70. The van der Waals surface area contributed by atoms with Gasteiger partial charge in [0.05, 0.1) is 6.04 Å². The summed E-state index contributed by atoms with van der Waals surface area (Å²) in [7, 11) is 1.48. The van der Waals surface area contributed by atoms with Crippen LogP contribution in [-0.2, 0) is 25.7 Å². The molecule has 28 heavy (non-hydrogen) atoms. The zero-order valence-corrected chi connectivity index (χ0v) is 16.9. The zero-order chi connectivity index (χ0) is 20.8. The highest BCUT2D eigenvalue weighted by Crippen LogP contribution is 2.27. The molecule has 1 aromatic rings. The molecule has 0 radical (unpaired) electrons.